The Balaban J connectivity index is 2.32. The van der Waals surface area contributed by atoms with Crippen LogP contribution in [-0.2, 0) is 6.54 Å². The van der Waals surface area contributed by atoms with E-state index in [2.05, 4.69) is 15.4 Å². The molecule has 2 aromatic rings. The summed E-state index contributed by atoms with van der Waals surface area (Å²) >= 11 is 0. The van der Waals surface area contributed by atoms with Crippen LogP contribution in [0.15, 0.2) is 29.1 Å². The topological polar surface area (TPSA) is 89.4 Å². The van der Waals surface area contributed by atoms with Crippen LogP contribution in [0.4, 0.5) is 11.6 Å². The Morgan fingerprint density at radius 3 is 2.89 bits per heavy atom. The van der Waals surface area contributed by atoms with Crippen molar-refractivity contribution in [2.24, 2.45) is 5.84 Å². The molecule has 0 fully saturated rings. The van der Waals surface area contributed by atoms with Gasteiger partial charge >= 0.3 is 0 Å². The van der Waals surface area contributed by atoms with Gasteiger partial charge in [0, 0.05) is 6.54 Å². The smallest absolute Gasteiger partial charge is 0.205 e. The monoisotopic (exact) mass is 263 g/mol. The molecule has 0 aliphatic rings. The largest absolute Gasteiger partial charge is 0.490 e. The molecule has 0 saturated carbocycles. The van der Waals surface area contributed by atoms with Gasteiger partial charge in [0.05, 0.1) is 19.9 Å². The molecule has 0 amide bonds. The molecule has 7 nitrogen and oxygen atoms in total. The van der Waals surface area contributed by atoms with Crippen LogP contribution in [0.3, 0.4) is 0 Å². The minimum atomic E-state index is 0.449. The number of hydrogen-bond donors (Lipinski definition) is 2. The van der Waals surface area contributed by atoms with Crippen LogP contribution in [0, 0.1) is 0 Å². The van der Waals surface area contributed by atoms with Crippen LogP contribution in [0.5, 0.6) is 5.75 Å². The number of rotatable bonds is 6. The minimum Gasteiger partial charge on any atom is -0.490 e. The zero-order valence-corrected chi connectivity index (χ0v) is 11.0. The first-order chi connectivity index (χ1) is 9.30. The fraction of sp³-hybridized carbons (Fsp3) is 0.333. The molecule has 0 atom stereocenters. The minimum absolute atomic E-state index is 0.449. The van der Waals surface area contributed by atoms with E-state index in [0.717, 1.165) is 12.3 Å². The van der Waals surface area contributed by atoms with Gasteiger partial charge in [-0.25, -0.2) is 15.8 Å². The highest BCUT2D eigenvalue weighted by molar-refractivity contribution is 5.64. The molecular formula is C12H17N5O2. The van der Waals surface area contributed by atoms with Gasteiger partial charge in [0.25, 0.3) is 0 Å². The molecule has 0 spiro atoms. The van der Waals surface area contributed by atoms with Crippen LogP contribution in [0.25, 0.3) is 0 Å². The van der Waals surface area contributed by atoms with Crippen molar-refractivity contribution in [2.45, 2.75) is 13.5 Å². The summed E-state index contributed by atoms with van der Waals surface area (Å²) in [6.07, 6.45) is 3.09. The summed E-state index contributed by atoms with van der Waals surface area (Å²) in [7, 11) is 1.56. The standard InChI is InChI=1S/C12H17N5O2/c1-3-17(7-9-5-4-6-19-9)12-10(18-2)11(16-13)14-8-15-12/h4-6,8H,3,7,13H2,1-2H3,(H,14,15,16). The normalized spacial score (nSPS) is 10.3. The lowest BCUT2D eigenvalue weighted by atomic mass is 10.3. The maximum Gasteiger partial charge on any atom is 0.205 e. The second-order valence-corrected chi connectivity index (χ2v) is 3.82. The van der Waals surface area contributed by atoms with Crippen LogP contribution in [-0.4, -0.2) is 23.6 Å². The molecule has 3 N–H and O–H groups in total. The molecule has 7 heteroatoms. The van der Waals surface area contributed by atoms with Gasteiger partial charge in [0.1, 0.15) is 12.1 Å². The maximum atomic E-state index is 5.42. The number of hydrazine groups is 1. The molecular weight excluding hydrogens is 246 g/mol. The predicted molar refractivity (Wildman–Crippen MR) is 71.8 cm³/mol. The van der Waals surface area contributed by atoms with Gasteiger partial charge in [0.15, 0.2) is 11.6 Å². The molecule has 19 heavy (non-hydrogen) atoms. The highest BCUT2D eigenvalue weighted by Gasteiger charge is 2.17. The number of nitrogen functional groups attached to an aromatic ring is 1. The van der Waals surface area contributed by atoms with Crippen molar-refractivity contribution in [2.75, 3.05) is 24.0 Å². The number of furan rings is 1. The van der Waals surface area contributed by atoms with E-state index in [0.29, 0.717) is 23.9 Å². The zero-order valence-electron chi connectivity index (χ0n) is 11.0. The van der Waals surface area contributed by atoms with Crippen molar-refractivity contribution in [3.05, 3.63) is 30.5 Å². The third-order valence-corrected chi connectivity index (χ3v) is 2.73. The summed E-state index contributed by atoms with van der Waals surface area (Å²) in [6.45, 7) is 3.37. The lowest BCUT2D eigenvalue weighted by molar-refractivity contribution is 0.411. The summed E-state index contributed by atoms with van der Waals surface area (Å²) in [4.78, 5) is 10.3. The number of nitrogens with zero attached hydrogens (tertiary/aromatic N) is 3. The van der Waals surface area contributed by atoms with Gasteiger partial charge in [-0.2, -0.15) is 0 Å². The fourth-order valence-corrected chi connectivity index (χ4v) is 1.81. The first kappa shape index (κ1) is 13.2. The number of ether oxygens (including phenoxy) is 1. The average molecular weight is 263 g/mol. The van der Waals surface area contributed by atoms with E-state index in [9.17, 15) is 0 Å². The van der Waals surface area contributed by atoms with Gasteiger partial charge < -0.3 is 19.5 Å². The molecule has 0 unspecified atom stereocenters. The highest BCUT2D eigenvalue weighted by Crippen LogP contribution is 2.31. The second-order valence-electron chi connectivity index (χ2n) is 3.82. The van der Waals surface area contributed by atoms with Crippen LogP contribution < -0.4 is 20.9 Å². The molecule has 0 aliphatic heterocycles. The third kappa shape index (κ3) is 2.76. The summed E-state index contributed by atoms with van der Waals surface area (Å²) in [5.74, 6) is 7.90. The van der Waals surface area contributed by atoms with Crippen LogP contribution >= 0.6 is 0 Å². The molecule has 0 saturated heterocycles. The van der Waals surface area contributed by atoms with Gasteiger partial charge in [-0.1, -0.05) is 0 Å². The Morgan fingerprint density at radius 1 is 1.47 bits per heavy atom. The summed E-state index contributed by atoms with van der Waals surface area (Å²) in [6, 6.07) is 3.77. The van der Waals surface area contributed by atoms with E-state index in [1.165, 1.54) is 6.33 Å². The number of nitrogens with two attached hydrogens (primary N) is 1. The lowest BCUT2D eigenvalue weighted by Crippen LogP contribution is -2.24. The van der Waals surface area contributed by atoms with E-state index in [-0.39, 0.29) is 0 Å². The fourth-order valence-electron chi connectivity index (χ4n) is 1.81. The van der Waals surface area contributed by atoms with Gasteiger partial charge in [-0.05, 0) is 19.1 Å². The van der Waals surface area contributed by atoms with Gasteiger partial charge in [0.2, 0.25) is 5.75 Å². The molecule has 0 radical (unpaired) electrons. The van der Waals surface area contributed by atoms with E-state index in [1.54, 1.807) is 13.4 Å². The van der Waals surface area contributed by atoms with E-state index >= 15 is 0 Å². The molecule has 2 heterocycles. The number of aromatic nitrogens is 2. The first-order valence-electron chi connectivity index (χ1n) is 5.93. The highest BCUT2D eigenvalue weighted by atomic mass is 16.5. The van der Waals surface area contributed by atoms with Gasteiger partial charge in [-0.15, -0.1) is 0 Å². The van der Waals surface area contributed by atoms with E-state index in [1.807, 2.05) is 24.0 Å². The summed E-state index contributed by atoms with van der Waals surface area (Å²) < 4.78 is 10.7. The Hall–Kier alpha value is -2.28. The molecule has 2 rings (SSSR count). The van der Waals surface area contributed by atoms with E-state index in [4.69, 9.17) is 15.0 Å². The molecule has 102 valence electrons. The predicted octanol–water partition coefficient (Wildman–Crippen LogP) is 1.39. The summed E-state index contributed by atoms with van der Waals surface area (Å²) in [5.41, 5.74) is 2.50. The van der Waals surface area contributed by atoms with Crippen LogP contribution in [0.1, 0.15) is 12.7 Å². The zero-order chi connectivity index (χ0) is 13.7. The number of methoxy groups -OCH3 is 1. The van der Waals surface area contributed by atoms with Crippen molar-refractivity contribution < 1.29 is 9.15 Å². The van der Waals surface area contributed by atoms with E-state index < -0.39 is 0 Å². The summed E-state index contributed by atoms with van der Waals surface area (Å²) in [5, 5.41) is 0. The van der Waals surface area contributed by atoms with Crippen molar-refractivity contribution in [1.82, 2.24) is 9.97 Å². The lowest BCUT2D eigenvalue weighted by Gasteiger charge is -2.23. The third-order valence-electron chi connectivity index (χ3n) is 2.73. The quantitative estimate of drug-likeness (QED) is 0.601. The van der Waals surface area contributed by atoms with Crippen molar-refractivity contribution in [1.29, 1.82) is 0 Å². The second kappa shape index (κ2) is 6.05. The SMILES string of the molecule is CCN(Cc1ccco1)c1ncnc(NN)c1OC. The maximum absolute atomic E-state index is 5.42. The van der Waals surface area contributed by atoms with Crippen molar-refractivity contribution >= 4 is 11.6 Å². The van der Waals surface area contributed by atoms with Gasteiger partial charge in [-0.3, -0.25) is 0 Å². The Kier molecular flexibility index (Phi) is 4.19. The molecule has 0 aliphatic carbocycles. The molecule has 0 bridgehead atoms. The Labute approximate surface area is 111 Å². The number of anilines is 2. The molecule has 2 aromatic heterocycles. The molecule has 0 aromatic carbocycles. The number of nitrogens with one attached hydrogen (secondary N) is 1. The van der Waals surface area contributed by atoms with Crippen molar-refractivity contribution in [3.63, 3.8) is 0 Å². The number of hydrogen-bond acceptors (Lipinski definition) is 7. The van der Waals surface area contributed by atoms with Crippen LogP contribution in [0.2, 0.25) is 0 Å². The Bertz CT molecular complexity index is 515. The Morgan fingerprint density at radius 2 is 2.32 bits per heavy atom. The average Bonchev–Trinajstić information content (AvgIpc) is 2.96. The van der Waals surface area contributed by atoms with Crippen molar-refractivity contribution in [3.8, 4) is 5.75 Å². The first-order valence-corrected chi connectivity index (χ1v) is 5.93.